The van der Waals surface area contributed by atoms with Crippen molar-refractivity contribution in [1.82, 2.24) is 0 Å². The van der Waals surface area contributed by atoms with E-state index in [9.17, 15) is 0 Å². The van der Waals surface area contributed by atoms with Gasteiger partial charge < -0.3 is 5.73 Å². The van der Waals surface area contributed by atoms with Gasteiger partial charge in [0.2, 0.25) is 0 Å². The molecule has 1 nitrogen and oxygen atoms in total. The summed E-state index contributed by atoms with van der Waals surface area (Å²) >= 11 is 0. The van der Waals surface area contributed by atoms with Crippen LogP contribution in [0.5, 0.6) is 0 Å². The van der Waals surface area contributed by atoms with Crippen LogP contribution < -0.4 is 5.73 Å². The van der Waals surface area contributed by atoms with Crippen molar-refractivity contribution in [2.45, 2.75) is 77.6 Å². The van der Waals surface area contributed by atoms with Gasteiger partial charge in [0.15, 0.2) is 0 Å². The fraction of sp³-hybridized carbons (Fsp3) is 0.600. The number of hydrogen-bond acceptors (Lipinski definition) is 1. The lowest BCUT2D eigenvalue weighted by molar-refractivity contribution is 0.556. The number of nitrogens with two attached hydrogens (primary N) is 1. The largest absolute Gasteiger partial charge is 0.398 e. The highest BCUT2D eigenvalue weighted by Crippen LogP contribution is 2.17. The lowest BCUT2D eigenvalue weighted by Crippen LogP contribution is -1.92. The molecule has 0 amide bonds. The molecule has 2 N–H and O–H groups in total. The minimum Gasteiger partial charge on any atom is -0.398 e. The van der Waals surface area contributed by atoms with Crippen LogP contribution in [0.1, 0.15) is 82.3 Å². The summed E-state index contributed by atoms with van der Waals surface area (Å²) in [5.41, 5.74) is 9.17. The highest BCUT2D eigenvalue weighted by molar-refractivity contribution is 5.64. The first-order chi connectivity index (χ1) is 10.3. The van der Waals surface area contributed by atoms with Gasteiger partial charge in [-0.2, -0.15) is 0 Å². The Morgan fingerprint density at radius 3 is 2.05 bits per heavy atom. The Labute approximate surface area is 131 Å². The predicted octanol–water partition coefficient (Wildman–Crippen LogP) is 6.38. The van der Waals surface area contributed by atoms with Crippen LogP contribution in [0.25, 0.3) is 6.08 Å². The number of nitrogen functional groups attached to an aromatic ring is 1. The summed E-state index contributed by atoms with van der Waals surface area (Å²) in [6, 6.07) is 6.33. The minimum atomic E-state index is 0.830. The maximum atomic E-state index is 5.88. The molecule has 0 fully saturated rings. The first-order valence-corrected chi connectivity index (χ1v) is 8.78. The molecule has 0 saturated heterocycles. The molecule has 0 radical (unpaired) electrons. The SMILES string of the molecule is C=Cc1cc(CCCCCCCCCCCC)ccc1N. The van der Waals surface area contributed by atoms with E-state index in [2.05, 4.69) is 25.6 Å². The Hall–Kier alpha value is -1.24. The van der Waals surface area contributed by atoms with Gasteiger partial charge in [0, 0.05) is 5.69 Å². The van der Waals surface area contributed by atoms with Crippen molar-refractivity contribution in [2.75, 3.05) is 5.73 Å². The van der Waals surface area contributed by atoms with E-state index >= 15 is 0 Å². The first-order valence-electron chi connectivity index (χ1n) is 8.78. The summed E-state index contributed by atoms with van der Waals surface area (Å²) in [7, 11) is 0. The standard InChI is InChI=1S/C20H33N/c1-3-5-6-7-8-9-10-11-12-13-14-18-15-16-20(21)19(4-2)17-18/h4,15-17H,2-3,5-14,21H2,1H3. The molecule has 118 valence electrons. The maximum absolute atomic E-state index is 5.88. The average Bonchev–Trinajstić information content (AvgIpc) is 2.50. The topological polar surface area (TPSA) is 26.0 Å². The molecular weight excluding hydrogens is 254 g/mol. The Balaban J connectivity index is 2.03. The second-order valence-corrected chi connectivity index (χ2v) is 6.10. The van der Waals surface area contributed by atoms with Crippen molar-refractivity contribution in [3.05, 3.63) is 35.9 Å². The van der Waals surface area contributed by atoms with Gasteiger partial charge in [0.1, 0.15) is 0 Å². The van der Waals surface area contributed by atoms with Crippen LogP contribution in [-0.4, -0.2) is 0 Å². The maximum Gasteiger partial charge on any atom is 0.0387 e. The van der Waals surface area contributed by atoms with E-state index in [-0.39, 0.29) is 0 Å². The summed E-state index contributed by atoms with van der Waals surface area (Å²) in [6.45, 7) is 6.09. The van der Waals surface area contributed by atoms with E-state index in [1.165, 1.54) is 69.8 Å². The number of rotatable bonds is 12. The van der Waals surface area contributed by atoms with E-state index in [1.807, 2.05) is 12.1 Å². The van der Waals surface area contributed by atoms with Crippen molar-refractivity contribution in [2.24, 2.45) is 0 Å². The van der Waals surface area contributed by atoms with Gasteiger partial charge in [-0.25, -0.2) is 0 Å². The molecule has 21 heavy (non-hydrogen) atoms. The van der Waals surface area contributed by atoms with Crippen LogP contribution in [0.3, 0.4) is 0 Å². The number of benzene rings is 1. The molecule has 0 bridgehead atoms. The summed E-state index contributed by atoms with van der Waals surface area (Å²) in [6.07, 6.45) is 16.9. The summed E-state index contributed by atoms with van der Waals surface area (Å²) < 4.78 is 0. The highest BCUT2D eigenvalue weighted by Gasteiger charge is 1.99. The Kier molecular flexibility index (Phi) is 9.69. The Bertz CT molecular complexity index is 395. The monoisotopic (exact) mass is 287 g/mol. The molecule has 0 saturated carbocycles. The van der Waals surface area contributed by atoms with Crippen LogP contribution in [0.4, 0.5) is 5.69 Å². The summed E-state index contributed by atoms with van der Waals surface area (Å²) in [5.74, 6) is 0. The van der Waals surface area contributed by atoms with Crippen LogP contribution in [0, 0.1) is 0 Å². The Morgan fingerprint density at radius 1 is 0.905 bits per heavy atom. The molecule has 0 atom stereocenters. The number of hydrogen-bond donors (Lipinski definition) is 1. The predicted molar refractivity (Wildman–Crippen MR) is 96.5 cm³/mol. The second kappa shape index (κ2) is 11.4. The summed E-state index contributed by atoms with van der Waals surface area (Å²) in [4.78, 5) is 0. The smallest absolute Gasteiger partial charge is 0.0387 e. The zero-order valence-electron chi connectivity index (χ0n) is 13.9. The van der Waals surface area contributed by atoms with E-state index in [0.717, 1.165) is 17.7 Å². The van der Waals surface area contributed by atoms with Gasteiger partial charge in [-0.15, -0.1) is 0 Å². The zero-order chi connectivity index (χ0) is 15.3. The molecule has 0 heterocycles. The minimum absolute atomic E-state index is 0.830. The van der Waals surface area contributed by atoms with E-state index < -0.39 is 0 Å². The third-order valence-electron chi connectivity index (χ3n) is 4.19. The molecule has 0 unspecified atom stereocenters. The highest BCUT2D eigenvalue weighted by atomic mass is 14.5. The quantitative estimate of drug-likeness (QED) is 0.350. The number of aryl methyl sites for hydroxylation is 1. The fourth-order valence-corrected chi connectivity index (χ4v) is 2.77. The van der Waals surface area contributed by atoms with Crippen LogP contribution in [0.15, 0.2) is 24.8 Å². The van der Waals surface area contributed by atoms with E-state index in [1.54, 1.807) is 0 Å². The van der Waals surface area contributed by atoms with Crippen molar-refractivity contribution < 1.29 is 0 Å². The molecule has 1 rings (SSSR count). The van der Waals surface area contributed by atoms with Crippen LogP contribution >= 0.6 is 0 Å². The average molecular weight is 287 g/mol. The number of anilines is 1. The third-order valence-corrected chi connectivity index (χ3v) is 4.19. The molecule has 0 aliphatic carbocycles. The molecule has 1 heteroatoms. The van der Waals surface area contributed by atoms with Crippen LogP contribution in [0.2, 0.25) is 0 Å². The zero-order valence-corrected chi connectivity index (χ0v) is 13.9. The molecule has 1 aromatic carbocycles. The third kappa shape index (κ3) is 7.94. The van der Waals surface area contributed by atoms with Crippen molar-refractivity contribution in [3.8, 4) is 0 Å². The molecule has 0 aromatic heterocycles. The molecule has 1 aromatic rings. The molecule has 0 aliphatic heterocycles. The summed E-state index contributed by atoms with van der Waals surface area (Å²) in [5, 5.41) is 0. The van der Waals surface area contributed by atoms with Gasteiger partial charge in [-0.1, -0.05) is 83.4 Å². The van der Waals surface area contributed by atoms with Crippen molar-refractivity contribution in [1.29, 1.82) is 0 Å². The van der Waals surface area contributed by atoms with Gasteiger partial charge in [0.05, 0.1) is 0 Å². The van der Waals surface area contributed by atoms with Gasteiger partial charge in [-0.3, -0.25) is 0 Å². The Morgan fingerprint density at radius 2 is 1.48 bits per heavy atom. The van der Waals surface area contributed by atoms with Gasteiger partial charge in [0.25, 0.3) is 0 Å². The van der Waals surface area contributed by atoms with Crippen molar-refractivity contribution in [3.63, 3.8) is 0 Å². The van der Waals surface area contributed by atoms with E-state index in [0.29, 0.717) is 0 Å². The van der Waals surface area contributed by atoms with Gasteiger partial charge >= 0.3 is 0 Å². The lowest BCUT2D eigenvalue weighted by atomic mass is 10.0. The normalized spacial score (nSPS) is 10.7. The number of unbranched alkanes of at least 4 members (excludes halogenated alkanes) is 9. The van der Waals surface area contributed by atoms with Crippen molar-refractivity contribution >= 4 is 11.8 Å². The molecular formula is C20H33N. The first kappa shape index (κ1) is 17.8. The fourth-order valence-electron chi connectivity index (χ4n) is 2.77. The molecule has 0 spiro atoms. The second-order valence-electron chi connectivity index (χ2n) is 6.10. The molecule has 0 aliphatic rings. The van der Waals surface area contributed by atoms with E-state index in [4.69, 9.17) is 5.73 Å². The van der Waals surface area contributed by atoms with Crippen LogP contribution in [-0.2, 0) is 6.42 Å². The lowest BCUT2D eigenvalue weighted by Gasteiger charge is -2.06. The van der Waals surface area contributed by atoms with Gasteiger partial charge in [-0.05, 0) is 36.1 Å².